The molecule has 244 valence electrons. The van der Waals surface area contributed by atoms with Crippen LogP contribution >= 0.6 is 0 Å². The quantitative estimate of drug-likeness (QED) is 0.187. The highest BCUT2D eigenvalue weighted by atomic mass is 16.3. The summed E-state index contributed by atoms with van der Waals surface area (Å²) in [5, 5.41) is 4.12. The lowest BCUT2D eigenvalue weighted by Gasteiger charge is -2.28. The maximum Gasteiger partial charge on any atom is 0.164 e. The van der Waals surface area contributed by atoms with Crippen LogP contribution in [0.3, 0.4) is 0 Å². The van der Waals surface area contributed by atoms with Gasteiger partial charge in [-0.15, -0.1) is 0 Å². The fraction of sp³-hybridized carbons (Fsp3) is 0.0426. The Morgan fingerprint density at radius 2 is 1.13 bits per heavy atom. The number of hydrogen-bond acceptors (Lipinski definition) is 5. The molecule has 5 nitrogen and oxygen atoms in total. The Bertz CT molecular complexity index is 2980. The van der Waals surface area contributed by atoms with Crippen molar-refractivity contribution in [3.05, 3.63) is 175 Å². The Labute approximate surface area is 298 Å². The fourth-order valence-corrected chi connectivity index (χ4v) is 8.06. The second-order valence-corrected chi connectivity index (χ2v) is 13.5. The van der Waals surface area contributed by atoms with Crippen LogP contribution in [0.4, 0.5) is 0 Å². The first-order valence-corrected chi connectivity index (χ1v) is 17.6. The van der Waals surface area contributed by atoms with E-state index in [1.54, 1.807) is 0 Å². The SMILES string of the molecule is C1=CC2c3ccccc3C=CC2C=C1c1nc(-c2ccccc2)nc(-c2cc(-c3cccc4oc5ccccc5c34)cc3oc4ccccc4c23)n1. The maximum atomic E-state index is 6.58. The third-order valence-corrected chi connectivity index (χ3v) is 10.5. The van der Waals surface area contributed by atoms with Crippen LogP contribution in [0, 0.1) is 5.92 Å². The lowest BCUT2D eigenvalue weighted by molar-refractivity contribution is 0.668. The molecule has 0 fully saturated rings. The molecule has 0 saturated carbocycles. The summed E-state index contributed by atoms with van der Waals surface area (Å²) in [5.74, 6) is 2.33. The molecule has 2 atom stereocenters. The zero-order chi connectivity index (χ0) is 34.2. The highest BCUT2D eigenvalue weighted by Gasteiger charge is 2.27. The molecule has 0 N–H and O–H groups in total. The number of rotatable bonds is 4. The number of hydrogen-bond donors (Lipinski definition) is 0. The van der Waals surface area contributed by atoms with Gasteiger partial charge in [-0.1, -0.05) is 134 Å². The van der Waals surface area contributed by atoms with Crippen LogP contribution in [0.5, 0.6) is 0 Å². The first-order valence-electron chi connectivity index (χ1n) is 17.6. The van der Waals surface area contributed by atoms with Gasteiger partial charge in [-0.25, -0.2) is 15.0 Å². The number of allylic oxidation sites excluding steroid dienone is 5. The average Bonchev–Trinajstić information content (AvgIpc) is 3.79. The summed E-state index contributed by atoms with van der Waals surface area (Å²) < 4.78 is 12.9. The van der Waals surface area contributed by atoms with Gasteiger partial charge >= 0.3 is 0 Å². The Hall–Kier alpha value is -6.85. The van der Waals surface area contributed by atoms with Gasteiger partial charge < -0.3 is 8.83 Å². The number of para-hydroxylation sites is 2. The Morgan fingerprint density at radius 1 is 0.462 bits per heavy atom. The number of aromatic nitrogens is 3. The molecule has 2 unspecified atom stereocenters. The topological polar surface area (TPSA) is 65.0 Å². The molecule has 0 saturated heterocycles. The van der Waals surface area contributed by atoms with E-state index in [1.165, 1.54) is 11.1 Å². The van der Waals surface area contributed by atoms with Crippen molar-refractivity contribution in [2.75, 3.05) is 0 Å². The molecule has 11 rings (SSSR count). The van der Waals surface area contributed by atoms with Crippen LogP contribution in [-0.2, 0) is 0 Å². The number of fused-ring (bicyclic) bond motifs is 9. The molecule has 0 bridgehead atoms. The third-order valence-electron chi connectivity index (χ3n) is 10.5. The van der Waals surface area contributed by atoms with Gasteiger partial charge in [0, 0.05) is 50.1 Å². The summed E-state index contributed by atoms with van der Waals surface area (Å²) >= 11 is 0. The fourth-order valence-electron chi connectivity index (χ4n) is 8.06. The van der Waals surface area contributed by atoms with Crippen molar-refractivity contribution >= 4 is 55.5 Å². The molecular formula is C47H29N3O2. The Morgan fingerprint density at radius 3 is 1.98 bits per heavy atom. The molecule has 0 aliphatic heterocycles. The van der Waals surface area contributed by atoms with Crippen molar-refractivity contribution in [1.29, 1.82) is 0 Å². The summed E-state index contributed by atoms with van der Waals surface area (Å²) in [6, 6.07) is 45.7. The minimum Gasteiger partial charge on any atom is -0.456 e. The molecule has 0 spiro atoms. The van der Waals surface area contributed by atoms with E-state index in [9.17, 15) is 0 Å². The standard InChI is InChI=1S/C47H29N3O2/c1-2-12-29(13-3-1)45-48-46(31-23-24-34-30(25-31)22-21-28-11-4-5-14-33(28)34)50-47(49-45)38-26-32(27-42-44(38)37-16-7-9-19-40(37)52-42)35-17-10-20-41-43(35)36-15-6-8-18-39(36)51-41/h1-27,30,34H. The number of nitrogens with zero attached hydrogens (tertiary/aromatic N) is 3. The van der Waals surface area contributed by atoms with Crippen molar-refractivity contribution in [3.63, 3.8) is 0 Å². The van der Waals surface area contributed by atoms with Crippen LogP contribution in [0.25, 0.3) is 89.4 Å². The highest BCUT2D eigenvalue weighted by molar-refractivity contribution is 6.16. The van der Waals surface area contributed by atoms with E-state index in [4.69, 9.17) is 23.8 Å². The smallest absolute Gasteiger partial charge is 0.164 e. The van der Waals surface area contributed by atoms with E-state index in [-0.39, 0.29) is 11.8 Å². The summed E-state index contributed by atoms with van der Waals surface area (Å²) in [6.07, 6.45) is 11.3. The summed E-state index contributed by atoms with van der Waals surface area (Å²) in [7, 11) is 0. The van der Waals surface area contributed by atoms with E-state index >= 15 is 0 Å². The van der Waals surface area contributed by atoms with E-state index < -0.39 is 0 Å². The van der Waals surface area contributed by atoms with Crippen LogP contribution < -0.4 is 0 Å². The van der Waals surface area contributed by atoms with Crippen LogP contribution in [0.15, 0.2) is 167 Å². The third kappa shape index (κ3) is 4.53. The van der Waals surface area contributed by atoms with Crippen LogP contribution in [0.1, 0.15) is 22.9 Å². The number of benzene rings is 6. The summed E-state index contributed by atoms with van der Waals surface area (Å²) in [5.41, 5.74) is 10.7. The Kier molecular flexibility index (Phi) is 6.31. The monoisotopic (exact) mass is 667 g/mol. The first kappa shape index (κ1) is 28.9. The minimum absolute atomic E-state index is 0.202. The molecule has 3 heterocycles. The molecule has 0 radical (unpaired) electrons. The summed E-state index contributed by atoms with van der Waals surface area (Å²) in [6.45, 7) is 0. The molecule has 2 aliphatic carbocycles. The minimum atomic E-state index is 0.202. The molecule has 5 heteroatoms. The average molecular weight is 668 g/mol. The van der Waals surface area contributed by atoms with E-state index in [0.29, 0.717) is 17.5 Å². The van der Waals surface area contributed by atoms with Crippen molar-refractivity contribution in [1.82, 2.24) is 15.0 Å². The van der Waals surface area contributed by atoms with Gasteiger partial charge in [0.1, 0.15) is 22.3 Å². The second kappa shape index (κ2) is 11.3. The maximum absolute atomic E-state index is 6.58. The lowest BCUT2D eigenvalue weighted by Crippen LogP contribution is -2.15. The van der Waals surface area contributed by atoms with Gasteiger partial charge in [-0.05, 0) is 52.6 Å². The van der Waals surface area contributed by atoms with Gasteiger partial charge in [0.25, 0.3) is 0 Å². The lowest BCUT2D eigenvalue weighted by atomic mass is 9.76. The van der Waals surface area contributed by atoms with Crippen LogP contribution in [-0.4, -0.2) is 15.0 Å². The normalized spacial score (nSPS) is 16.4. The van der Waals surface area contributed by atoms with Crippen molar-refractivity contribution in [2.24, 2.45) is 5.92 Å². The second-order valence-electron chi connectivity index (χ2n) is 13.5. The first-order chi connectivity index (χ1) is 25.7. The zero-order valence-electron chi connectivity index (χ0n) is 27.9. The predicted molar refractivity (Wildman–Crippen MR) is 210 cm³/mol. The molecule has 9 aromatic rings. The molecule has 0 amide bonds. The van der Waals surface area contributed by atoms with Crippen molar-refractivity contribution in [2.45, 2.75) is 5.92 Å². The van der Waals surface area contributed by atoms with Crippen molar-refractivity contribution < 1.29 is 8.83 Å². The Balaban J connectivity index is 1.16. The highest BCUT2D eigenvalue weighted by Crippen LogP contribution is 2.44. The molecule has 2 aliphatic rings. The molecular weight excluding hydrogens is 639 g/mol. The zero-order valence-corrected chi connectivity index (χ0v) is 27.9. The van der Waals surface area contributed by atoms with Gasteiger partial charge in [0.05, 0.1) is 0 Å². The van der Waals surface area contributed by atoms with Gasteiger partial charge in [-0.2, -0.15) is 0 Å². The van der Waals surface area contributed by atoms with E-state index in [2.05, 4.69) is 103 Å². The number of furan rings is 2. The largest absolute Gasteiger partial charge is 0.456 e. The van der Waals surface area contributed by atoms with E-state index in [1.807, 2.05) is 60.7 Å². The van der Waals surface area contributed by atoms with Gasteiger partial charge in [0.15, 0.2) is 17.5 Å². The van der Waals surface area contributed by atoms with Gasteiger partial charge in [-0.3, -0.25) is 0 Å². The van der Waals surface area contributed by atoms with Crippen LogP contribution in [0.2, 0.25) is 0 Å². The predicted octanol–water partition coefficient (Wildman–Crippen LogP) is 12.1. The van der Waals surface area contributed by atoms with Gasteiger partial charge in [0.2, 0.25) is 0 Å². The molecule has 52 heavy (non-hydrogen) atoms. The summed E-state index contributed by atoms with van der Waals surface area (Å²) in [4.78, 5) is 15.6. The molecule has 3 aromatic heterocycles. The van der Waals surface area contributed by atoms with Crippen molar-refractivity contribution in [3.8, 4) is 33.9 Å². The molecule has 6 aromatic carbocycles. The van der Waals surface area contributed by atoms with E-state index in [0.717, 1.165) is 71.7 Å².